The van der Waals surface area contributed by atoms with Gasteiger partial charge >= 0.3 is 0 Å². The zero-order chi connectivity index (χ0) is 20.7. The van der Waals surface area contributed by atoms with Crippen molar-refractivity contribution in [2.75, 3.05) is 11.9 Å². The van der Waals surface area contributed by atoms with Crippen LogP contribution < -0.4 is 15.4 Å². The molecule has 1 amide bonds. The monoisotopic (exact) mass is 421 g/mol. The molecule has 7 nitrogen and oxygen atoms in total. The first-order valence-corrected chi connectivity index (χ1v) is 9.34. The first kappa shape index (κ1) is 21.6. The van der Waals surface area contributed by atoms with Crippen LogP contribution in [0.4, 0.5) is 11.4 Å². The molecule has 2 aromatic rings. The van der Waals surface area contributed by atoms with Crippen molar-refractivity contribution in [3.8, 4) is 5.75 Å². The van der Waals surface area contributed by atoms with Crippen molar-refractivity contribution in [3.05, 3.63) is 63.2 Å². The normalized spacial score (nSPS) is 10.4. The lowest BCUT2D eigenvalue weighted by Crippen LogP contribution is -2.34. The lowest BCUT2D eigenvalue weighted by molar-refractivity contribution is -0.384. The fourth-order valence-corrected chi connectivity index (χ4v) is 2.61. The summed E-state index contributed by atoms with van der Waals surface area (Å²) in [5.41, 5.74) is 0.601. The number of hydrogen-bond donors (Lipinski definition) is 2. The van der Waals surface area contributed by atoms with Crippen LogP contribution in [0.3, 0.4) is 0 Å². The summed E-state index contributed by atoms with van der Waals surface area (Å²) in [4.78, 5) is 22.6. The molecule has 9 heteroatoms. The van der Waals surface area contributed by atoms with Crippen molar-refractivity contribution >= 4 is 46.2 Å². The van der Waals surface area contributed by atoms with Crippen LogP contribution in [0, 0.1) is 16.0 Å². The van der Waals surface area contributed by atoms with Crippen molar-refractivity contribution in [1.29, 1.82) is 0 Å². The van der Waals surface area contributed by atoms with Gasteiger partial charge in [0.15, 0.2) is 5.11 Å². The number of rotatable bonds is 7. The minimum absolute atomic E-state index is 0.0203. The van der Waals surface area contributed by atoms with Crippen LogP contribution in [0.2, 0.25) is 5.02 Å². The number of non-ortho nitro benzene ring substituents is 1. The Morgan fingerprint density at radius 2 is 2.04 bits per heavy atom. The molecule has 0 aromatic heterocycles. The number of thiocarbonyl (C=S) groups is 1. The van der Waals surface area contributed by atoms with E-state index in [9.17, 15) is 14.9 Å². The highest BCUT2D eigenvalue weighted by atomic mass is 35.5. The average Bonchev–Trinajstić information content (AvgIpc) is 2.63. The second-order valence-corrected chi connectivity index (χ2v) is 7.20. The van der Waals surface area contributed by atoms with Crippen molar-refractivity contribution in [3.63, 3.8) is 0 Å². The predicted molar refractivity (Wildman–Crippen MR) is 113 cm³/mol. The Morgan fingerprint density at radius 1 is 1.29 bits per heavy atom. The molecule has 148 valence electrons. The lowest BCUT2D eigenvalue weighted by atomic mass is 10.1. The second-order valence-electron chi connectivity index (χ2n) is 6.39. The van der Waals surface area contributed by atoms with E-state index in [1.165, 1.54) is 18.2 Å². The quantitative estimate of drug-likeness (QED) is 0.379. The van der Waals surface area contributed by atoms with Gasteiger partial charge in [-0.1, -0.05) is 31.5 Å². The van der Waals surface area contributed by atoms with E-state index < -0.39 is 10.8 Å². The molecule has 0 aliphatic heterocycles. The zero-order valence-electron chi connectivity index (χ0n) is 15.4. The molecule has 0 aliphatic rings. The molecule has 2 N–H and O–H groups in total. The third-order valence-corrected chi connectivity index (χ3v) is 4.22. The molecule has 0 radical (unpaired) electrons. The van der Waals surface area contributed by atoms with Gasteiger partial charge in [0.05, 0.1) is 22.2 Å². The molecule has 0 atom stereocenters. The van der Waals surface area contributed by atoms with Gasteiger partial charge in [-0.15, -0.1) is 0 Å². The summed E-state index contributed by atoms with van der Waals surface area (Å²) in [5.74, 6) is 0.719. The fraction of sp³-hybridized carbons (Fsp3) is 0.263. The van der Waals surface area contributed by atoms with Crippen LogP contribution in [0.15, 0.2) is 42.5 Å². The van der Waals surface area contributed by atoms with Gasteiger partial charge in [-0.3, -0.25) is 20.2 Å². The SMILES string of the molecule is CC(C)CCOc1cccc(C(=O)NC(=S)Nc2ccc([N+](=O)[O-])cc2Cl)c1. The molecule has 0 saturated carbocycles. The van der Waals surface area contributed by atoms with Crippen molar-refractivity contribution < 1.29 is 14.5 Å². The summed E-state index contributed by atoms with van der Waals surface area (Å²) < 4.78 is 5.65. The number of nitro benzene ring substituents is 1. The minimum Gasteiger partial charge on any atom is -0.494 e. The number of nitro groups is 1. The van der Waals surface area contributed by atoms with Gasteiger partial charge in [-0.2, -0.15) is 0 Å². The Labute approximate surface area is 173 Å². The topological polar surface area (TPSA) is 93.5 Å². The molecule has 0 heterocycles. The van der Waals surface area contributed by atoms with E-state index in [-0.39, 0.29) is 15.8 Å². The van der Waals surface area contributed by atoms with Crippen LogP contribution in [0.5, 0.6) is 5.75 Å². The largest absolute Gasteiger partial charge is 0.494 e. The number of carbonyl (C=O) groups is 1. The third-order valence-electron chi connectivity index (χ3n) is 3.70. The highest BCUT2D eigenvalue weighted by Gasteiger charge is 2.13. The molecule has 0 saturated heterocycles. The van der Waals surface area contributed by atoms with E-state index in [1.807, 2.05) is 0 Å². The molecular weight excluding hydrogens is 402 g/mol. The molecule has 0 spiro atoms. The van der Waals surface area contributed by atoms with Crippen LogP contribution in [-0.2, 0) is 0 Å². The van der Waals surface area contributed by atoms with Gasteiger partial charge < -0.3 is 10.1 Å². The highest BCUT2D eigenvalue weighted by molar-refractivity contribution is 7.80. The number of anilines is 1. The Bertz CT molecular complexity index is 889. The Hall–Kier alpha value is -2.71. The number of ether oxygens (including phenoxy) is 1. The third kappa shape index (κ3) is 6.47. The molecule has 28 heavy (non-hydrogen) atoms. The number of halogens is 1. The first-order valence-electron chi connectivity index (χ1n) is 8.55. The van der Waals surface area contributed by atoms with Crippen molar-refractivity contribution in [2.45, 2.75) is 20.3 Å². The van der Waals surface area contributed by atoms with Crippen LogP contribution in [0.25, 0.3) is 0 Å². The highest BCUT2D eigenvalue weighted by Crippen LogP contribution is 2.26. The van der Waals surface area contributed by atoms with E-state index in [4.69, 9.17) is 28.6 Å². The van der Waals surface area contributed by atoms with Gasteiger partial charge in [-0.05, 0) is 48.8 Å². The average molecular weight is 422 g/mol. The van der Waals surface area contributed by atoms with Gasteiger partial charge in [0.1, 0.15) is 5.75 Å². The maximum absolute atomic E-state index is 12.4. The standard InChI is InChI=1S/C19H20ClN3O4S/c1-12(2)8-9-27-15-5-3-4-13(10-15)18(24)22-19(28)21-17-7-6-14(23(25)26)11-16(17)20/h3-7,10-12H,8-9H2,1-2H3,(H2,21,22,24,28). The predicted octanol–water partition coefficient (Wildman–Crippen LogP) is 4.80. The Kier molecular flexibility index (Phi) is 7.71. The Morgan fingerprint density at radius 3 is 2.68 bits per heavy atom. The van der Waals surface area contributed by atoms with Crippen molar-refractivity contribution in [2.24, 2.45) is 5.92 Å². The number of carbonyl (C=O) groups excluding carboxylic acids is 1. The smallest absolute Gasteiger partial charge is 0.271 e. The second kappa shape index (κ2) is 10.0. The molecule has 0 aliphatic carbocycles. The number of hydrogen-bond acceptors (Lipinski definition) is 5. The van der Waals surface area contributed by atoms with Crippen LogP contribution in [-0.4, -0.2) is 22.5 Å². The number of benzene rings is 2. The zero-order valence-corrected chi connectivity index (χ0v) is 17.0. The summed E-state index contributed by atoms with van der Waals surface area (Å²) in [6, 6.07) is 10.7. The summed E-state index contributed by atoms with van der Waals surface area (Å²) in [7, 11) is 0. The van der Waals surface area contributed by atoms with Crippen LogP contribution >= 0.6 is 23.8 Å². The first-order chi connectivity index (χ1) is 13.3. The van der Waals surface area contributed by atoms with E-state index in [1.54, 1.807) is 24.3 Å². The lowest BCUT2D eigenvalue weighted by Gasteiger charge is -2.12. The number of nitrogens with zero attached hydrogens (tertiary/aromatic N) is 1. The van der Waals surface area contributed by atoms with Crippen molar-refractivity contribution in [1.82, 2.24) is 5.32 Å². The molecular formula is C19H20ClN3O4S. The maximum Gasteiger partial charge on any atom is 0.271 e. The number of amides is 1. The van der Waals surface area contributed by atoms with Gasteiger partial charge in [0.2, 0.25) is 0 Å². The molecule has 2 aromatic carbocycles. The molecule has 2 rings (SSSR count). The maximum atomic E-state index is 12.4. The summed E-state index contributed by atoms with van der Waals surface area (Å²) in [5, 5.41) is 16.2. The number of nitrogens with one attached hydrogen (secondary N) is 2. The molecule has 0 fully saturated rings. The minimum atomic E-state index is -0.550. The molecule has 0 bridgehead atoms. The summed E-state index contributed by atoms with van der Waals surface area (Å²) in [6.07, 6.45) is 0.917. The summed E-state index contributed by atoms with van der Waals surface area (Å²) in [6.45, 7) is 4.79. The fourth-order valence-electron chi connectivity index (χ4n) is 2.19. The van der Waals surface area contributed by atoms with Gasteiger partial charge in [0.25, 0.3) is 11.6 Å². The Balaban J connectivity index is 1.97. The van der Waals surface area contributed by atoms with E-state index in [2.05, 4.69) is 24.5 Å². The van der Waals surface area contributed by atoms with E-state index in [0.717, 1.165) is 6.42 Å². The van der Waals surface area contributed by atoms with Gasteiger partial charge in [-0.25, -0.2) is 0 Å². The molecule has 0 unspecified atom stereocenters. The van der Waals surface area contributed by atoms with E-state index >= 15 is 0 Å². The van der Waals surface area contributed by atoms with E-state index in [0.29, 0.717) is 29.5 Å². The van der Waals surface area contributed by atoms with Crippen LogP contribution in [0.1, 0.15) is 30.6 Å². The summed E-state index contributed by atoms with van der Waals surface area (Å²) >= 11 is 11.1. The van der Waals surface area contributed by atoms with Gasteiger partial charge in [0, 0.05) is 17.7 Å².